The molecule has 3 rings (SSSR count). The Morgan fingerprint density at radius 3 is 2.00 bits per heavy atom. The predicted octanol–water partition coefficient (Wildman–Crippen LogP) is 4.93. The molecule has 4 heteroatoms. The Bertz CT molecular complexity index is 903. The lowest BCUT2D eigenvalue weighted by atomic mass is 10.1. The van der Waals surface area contributed by atoms with Gasteiger partial charge in [0.05, 0.1) is 6.54 Å². The maximum Gasteiger partial charge on any atom is 0.328 e. The summed E-state index contributed by atoms with van der Waals surface area (Å²) in [5.74, 6) is 0.340. The van der Waals surface area contributed by atoms with Gasteiger partial charge >= 0.3 is 5.69 Å². The highest BCUT2D eigenvalue weighted by Gasteiger charge is 2.09. The number of aromatic hydroxyl groups is 1. The third-order valence-electron chi connectivity index (χ3n) is 4.76. The van der Waals surface area contributed by atoms with E-state index in [-0.39, 0.29) is 5.69 Å². The zero-order chi connectivity index (χ0) is 20.5. The molecule has 3 aromatic rings. The molecule has 0 aliphatic carbocycles. The highest BCUT2D eigenvalue weighted by atomic mass is 16.3. The molecule has 0 aliphatic heterocycles. The molecule has 0 saturated heterocycles. The second-order valence-electron chi connectivity index (χ2n) is 7.04. The van der Waals surface area contributed by atoms with E-state index in [9.17, 15) is 4.79 Å². The molecule has 1 N–H and O–H groups in total. The van der Waals surface area contributed by atoms with E-state index in [1.54, 1.807) is 12.1 Å². The molecule has 0 fully saturated rings. The smallest absolute Gasteiger partial charge is 0.328 e. The molecule has 0 aliphatic rings. The number of benzene rings is 2. The number of phenolic OH excluding ortho intramolecular Hbond substituents is 1. The lowest BCUT2D eigenvalue weighted by Crippen LogP contribution is -2.25. The van der Waals surface area contributed by atoms with Crippen LogP contribution < -0.4 is 5.69 Å². The molecule has 0 atom stereocenters. The van der Waals surface area contributed by atoms with Gasteiger partial charge in [-0.15, -0.1) is 0 Å². The number of hydrogen-bond acceptors (Lipinski definition) is 2. The van der Waals surface area contributed by atoms with Crippen LogP contribution in [0.3, 0.4) is 0 Å². The van der Waals surface area contributed by atoms with Gasteiger partial charge in [0.25, 0.3) is 0 Å². The van der Waals surface area contributed by atoms with Crippen LogP contribution in [-0.4, -0.2) is 14.2 Å². The number of phenols is 1. The van der Waals surface area contributed by atoms with Crippen molar-refractivity contribution in [3.63, 3.8) is 0 Å². The van der Waals surface area contributed by atoms with Gasteiger partial charge in [0.15, 0.2) is 0 Å². The first-order chi connectivity index (χ1) is 13.5. The van der Waals surface area contributed by atoms with Crippen LogP contribution in [0.15, 0.2) is 59.5 Å². The Morgan fingerprint density at radius 2 is 1.46 bits per heavy atom. The van der Waals surface area contributed by atoms with Crippen molar-refractivity contribution < 1.29 is 5.11 Å². The molecular formula is C24H32N2O2. The lowest BCUT2D eigenvalue weighted by Gasteiger charge is -2.03. The van der Waals surface area contributed by atoms with Gasteiger partial charge in [0, 0.05) is 18.4 Å². The van der Waals surface area contributed by atoms with Crippen molar-refractivity contribution in [3.8, 4) is 5.75 Å². The maximum atomic E-state index is 12.3. The molecule has 0 saturated carbocycles. The van der Waals surface area contributed by atoms with Gasteiger partial charge in [0.2, 0.25) is 0 Å². The lowest BCUT2D eigenvalue weighted by molar-refractivity contribution is 0.475. The summed E-state index contributed by atoms with van der Waals surface area (Å²) in [6, 6.07) is 15.6. The number of nitrogens with zero attached hydrogens (tertiary/aromatic N) is 2. The van der Waals surface area contributed by atoms with Gasteiger partial charge in [-0.05, 0) is 49.4 Å². The summed E-state index contributed by atoms with van der Waals surface area (Å²) in [4.78, 5) is 12.3. The van der Waals surface area contributed by atoms with Crippen molar-refractivity contribution in [2.45, 2.75) is 60.0 Å². The molecule has 0 bridgehead atoms. The van der Waals surface area contributed by atoms with Gasteiger partial charge in [-0.25, -0.2) is 4.79 Å². The topological polar surface area (TPSA) is 47.2 Å². The molecule has 0 spiro atoms. The van der Waals surface area contributed by atoms with Crippen LogP contribution in [0, 0.1) is 6.92 Å². The number of aromatic nitrogens is 2. The summed E-state index contributed by atoms with van der Waals surface area (Å²) in [6.45, 7) is 9.82. The van der Waals surface area contributed by atoms with Gasteiger partial charge in [-0.1, -0.05) is 62.7 Å². The Balaban J connectivity index is 0.000000261. The van der Waals surface area contributed by atoms with Gasteiger partial charge in [-0.2, -0.15) is 0 Å². The highest BCUT2D eigenvalue weighted by molar-refractivity contribution is 5.25. The molecule has 0 amide bonds. The number of hydrogen-bond donors (Lipinski definition) is 1. The summed E-state index contributed by atoms with van der Waals surface area (Å²) in [5.41, 5.74) is 4.91. The molecule has 4 nitrogen and oxygen atoms in total. The standard InChI is InChI=1S/C16H22N2O.C8H10O/c1-4-10-18-15(5-2)12-17(16(18)19)11-14-8-6-13(3)7-9-14;1-2-7-3-5-8(9)6-4-7/h6-9,12H,4-5,10-11H2,1-3H3;3-6,9H,2H2,1H3. The predicted molar refractivity (Wildman–Crippen MR) is 116 cm³/mol. The first kappa shape index (κ1) is 21.5. The van der Waals surface area contributed by atoms with E-state index in [2.05, 4.69) is 52.0 Å². The molecule has 1 aromatic heterocycles. The van der Waals surface area contributed by atoms with Crippen LogP contribution in [0.1, 0.15) is 49.6 Å². The summed E-state index contributed by atoms with van der Waals surface area (Å²) in [7, 11) is 0. The van der Waals surface area contributed by atoms with Crippen molar-refractivity contribution in [1.82, 2.24) is 9.13 Å². The van der Waals surface area contributed by atoms with Crippen LogP contribution in [0.4, 0.5) is 0 Å². The Hall–Kier alpha value is -2.75. The van der Waals surface area contributed by atoms with Crippen molar-refractivity contribution in [3.05, 3.63) is 87.6 Å². The second kappa shape index (κ2) is 10.5. The minimum atomic E-state index is 0.110. The van der Waals surface area contributed by atoms with E-state index in [4.69, 9.17) is 5.11 Å². The largest absolute Gasteiger partial charge is 0.508 e. The Labute approximate surface area is 168 Å². The van der Waals surface area contributed by atoms with Crippen LogP contribution in [0.25, 0.3) is 0 Å². The average Bonchev–Trinajstić information content (AvgIpc) is 3.00. The van der Waals surface area contributed by atoms with E-state index in [0.29, 0.717) is 12.3 Å². The van der Waals surface area contributed by atoms with Crippen molar-refractivity contribution in [2.75, 3.05) is 0 Å². The van der Waals surface area contributed by atoms with Gasteiger partial charge in [0.1, 0.15) is 5.75 Å². The normalized spacial score (nSPS) is 10.4. The molecule has 2 aromatic carbocycles. The zero-order valence-electron chi connectivity index (χ0n) is 17.5. The quantitative estimate of drug-likeness (QED) is 0.659. The van der Waals surface area contributed by atoms with Crippen LogP contribution in [0.5, 0.6) is 5.75 Å². The number of imidazole rings is 1. The minimum Gasteiger partial charge on any atom is -0.508 e. The molecule has 0 radical (unpaired) electrons. The third-order valence-corrected chi connectivity index (χ3v) is 4.76. The number of rotatable bonds is 6. The maximum absolute atomic E-state index is 12.3. The monoisotopic (exact) mass is 380 g/mol. The Morgan fingerprint density at radius 1 is 0.857 bits per heavy atom. The van der Waals surface area contributed by atoms with E-state index in [1.807, 2.05) is 27.5 Å². The first-order valence-corrected chi connectivity index (χ1v) is 10.1. The van der Waals surface area contributed by atoms with E-state index >= 15 is 0 Å². The zero-order valence-corrected chi connectivity index (χ0v) is 17.5. The summed E-state index contributed by atoms with van der Waals surface area (Å²) < 4.78 is 3.72. The summed E-state index contributed by atoms with van der Waals surface area (Å²) in [6.07, 6.45) is 4.91. The minimum absolute atomic E-state index is 0.110. The van der Waals surface area contributed by atoms with E-state index in [0.717, 1.165) is 31.5 Å². The fraction of sp³-hybridized carbons (Fsp3) is 0.375. The molecule has 150 valence electrons. The van der Waals surface area contributed by atoms with Crippen molar-refractivity contribution >= 4 is 0 Å². The van der Waals surface area contributed by atoms with Crippen molar-refractivity contribution in [1.29, 1.82) is 0 Å². The van der Waals surface area contributed by atoms with Gasteiger partial charge in [-0.3, -0.25) is 9.13 Å². The van der Waals surface area contributed by atoms with Crippen LogP contribution in [0.2, 0.25) is 0 Å². The van der Waals surface area contributed by atoms with Crippen LogP contribution >= 0.6 is 0 Å². The second-order valence-corrected chi connectivity index (χ2v) is 7.04. The van der Waals surface area contributed by atoms with Gasteiger partial charge < -0.3 is 5.11 Å². The third kappa shape index (κ3) is 5.88. The molecular weight excluding hydrogens is 348 g/mol. The summed E-state index contributed by atoms with van der Waals surface area (Å²) >= 11 is 0. The summed E-state index contributed by atoms with van der Waals surface area (Å²) in [5, 5.41) is 8.85. The van der Waals surface area contributed by atoms with Crippen molar-refractivity contribution in [2.24, 2.45) is 0 Å². The fourth-order valence-electron chi connectivity index (χ4n) is 3.06. The number of aryl methyl sites for hydroxylation is 3. The SMILES string of the molecule is CCCn1c(CC)cn(Cc2ccc(C)cc2)c1=O.CCc1ccc(O)cc1. The van der Waals surface area contributed by atoms with E-state index in [1.165, 1.54) is 16.7 Å². The molecule has 0 unspecified atom stereocenters. The Kier molecular flexibility index (Phi) is 8.12. The highest BCUT2D eigenvalue weighted by Crippen LogP contribution is 2.09. The molecule has 28 heavy (non-hydrogen) atoms. The first-order valence-electron chi connectivity index (χ1n) is 10.1. The van der Waals surface area contributed by atoms with Crippen LogP contribution in [-0.2, 0) is 25.9 Å². The average molecular weight is 381 g/mol. The molecule has 1 heterocycles. The van der Waals surface area contributed by atoms with E-state index < -0.39 is 0 Å². The fourth-order valence-corrected chi connectivity index (χ4v) is 3.06.